The molecule has 20 heavy (non-hydrogen) atoms. The maximum atomic E-state index is 12.7. The molecule has 0 spiro atoms. The summed E-state index contributed by atoms with van der Waals surface area (Å²) in [7, 11) is 0. The van der Waals surface area contributed by atoms with Crippen LogP contribution in [0, 0.1) is 6.92 Å². The van der Waals surface area contributed by atoms with Crippen LogP contribution in [0.1, 0.15) is 30.4 Å². The first kappa shape index (κ1) is 13.6. The van der Waals surface area contributed by atoms with Crippen LogP contribution in [0.3, 0.4) is 0 Å². The van der Waals surface area contributed by atoms with Crippen molar-refractivity contribution in [1.82, 2.24) is 0 Å². The van der Waals surface area contributed by atoms with Gasteiger partial charge in [0.2, 0.25) is 0 Å². The number of anilines is 1. The van der Waals surface area contributed by atoms with Crippen molar-refractivity contribution >= 4 is 11.6 Å². The highest BCUT2D eigenvalue weighted by Gasteiger charge is 2.34. The molecule has 4 nitrogen and oxygen atoms in total. The first-order valence-electron chi connectivity index (χ1n) is 7.45. The van der Waals surface area contributed by atoms with Gasteiger partial charge in [-0.1, -0.05) is 17.7 Å². The van der Waals surface area contributed by atoms with Crippen LogP contribution in [0.5, 0.6) is 0 Å². The van der Waals surface area contributed by atoms with E-state index in [1.807, 2.05) is 4.90 Å². The van der Waals surface area contributed by atoms with Crippen LogP contribution in [0.2, 0.25) is 0 Å². The summed E-state index contributed by atoms with van der Waals surface area (Å²) in [4.78, 5) is 14.6. The van der Waals surface area contributed by atoms with Gasteiger partial charge in [-0.15, -0.1) is 0 Å². The van der Waals surface area contributed by atoms with E-state index in [0.717, 1.165) is 37.9 Å². The van der Waals surface area contributed by atoms with Crippen molar-refractivity contribution in [3.05, 3.63) is 29.3 Å². The third kappa shape index (κ3) is 2.45. The maximum Gasteiger partial charge on any atom is 0.256 e. The molecule has 2 N–H and O–H groups in total. The predicted molar refractivity (Wildman–Crippen MR) is 78.8 cm³/mol. The van der Waals surface area contributed by atoms with Gasteiger partial charge in [0, 0.05) is 18.8 Å². The standard InChI is InChI=1S/C16H22N2O2/c1-11-4-6-14-12(9-11)3-2-8-18(14)16(19)15-7-5-13(10-17)20-15/h4,6,9,13,15H,2-3,5,7-8,10,17H2,1H3/t13-,15+/m1/s1. The van der Waals surface area contributed by atoms with E-state index >= 15 is 0 Å². The van der Waals surface area contributed by atoms with Gasteiger partial charge in [-0.2, -0.15) is 0 Å². The van der Waals surface area contributed by atoms with Gasteiger partial charge in [-0.3, -0.25) is 4.79 Å². The minimum absolute atomic E-state index is 0.0474. The van der Waals surface area contributed by atoms with Gasteiger partial charge in [0.1, 0.15) is 6.10 Å². The Morgan fingerprint density at radius 1 is 1.45 bits per heavy atom. The molecule has 0 bridgehead atoms. The molecule has 1 amide bonds. The minimum Gasteiger partial charge on any atom is -0.364 e. The van der Waals surface area contributed by atoms with Gasteiger partial charge in [0.25, 0.3) is 5.91 Å². The molecule has 0 aromatic heterocycles. The normalized spacial score (nSPS) is 25.6. The zero-order valence-corrected chi connectivity index (χ0v) is 12.0. The molecule has 0 aliphatic carbocycles. The summed E-state index contributed by atoms with van der Waals surface area (Å²) in [6, 6.07) is 6.33. The molecule has 1 saturated heterocycles. The van der Waals surface area contributed by atoms with Crippen molar-refractivity contribution in [3.63, 3.8) is 0 Å². The van der Waals surface area contributed by atoms with Crippen LogP contribution >= 0.6 is 0 Å². The second-order valence-corrected chi connectivity index (χ2v) is 5.79. The number of carbonyl (C=O) groups excluding carboxylic acids is 1. The Hall–Kier alpha value is -1.39. The Balaban J connectivity index is 1.80. The predicted octanol–water partition coefficient (Wildman–Crippen LogP) is 1.78. The number of hydrogen-bond acceptors (Lipinski definition) is 3. The Morgan fingerprint density at radius 3 is 3.05 bits per heavy atom. The van der Waals surface area contributed by atoms with Crippen LogP contribution in [0.15, 0.2) is 18.2 Å². The molecule has 2 aliphatic heterocycles. The number of nitrogens with two attached hydrogens (primary N) is 1. The summed E-state index contributed by atoms with van der Waals surface area (Å²) in [5.41, 5.74) is 9.20. The quantitative estimate of drug-likeness (QED) is 0.894. The van der Waals surface area contributed by atoms with Gasteiger partial charge < -0.3 is 15.4 Å². The molecule has 3 rings (SSSR count). The summed E-state index contributed by atoms with van der Waals surface area (Å²) >= 11 is 0. The number of hydrogen-bond donors (Lipinski definition) is 1. The first-order chi connectivity index (χ1) is 9.69. The molecular formula is C16H22N2O2. The number of aryl methyl sites for hydroxylation is 2. The van der Waals surface area contributed by atoms with Gasteiger partial charge in [0.15, 0.2) is 0 Å². The Morgan fingerprint density at radius 2 is 2.30 bits per heavy atom. The van der Waals surface area contributed by atoms with E-state index in [2.05, 4.69) is 25.1 Å². The highest BCUT2D eigenvalue weighted by molar-refractivity contribution is 5.97. The van der Waals surface area contributed by atoms with E-state index in [4.69, 9.17) is 10.5 Å². The number of fused-ring (bicyclic) bond motifs is 1. The molecule has 4 heteroatoms. The highest BCUT2D eigenvalue weighted by Crippen LogP contribution is 2.30. The summed E-state index contributed by atoms with van der Waals surface area (Å²) in [6.07, 6.45) is 3.49. The van der Waals surface area contributed by atoms with Crippen molar-refractivity contribution in [1.29, 1.82) is 0 Å². The van der Waals surface area contributed by atoms with Crippen LogP contribution in [0.4, 0.5) is 5.69 Å². The molecule has 0 saturated carbocycles. The zero-order valence-electron chi connectivity index (χ0n) is 12.0. The topological polar surface area (TPSA) is 55.6 Å². The largest absolute Gasteiger partial charge is 0.364 e. The number of benzene rings is 1. The molecule has 1 fully saturated rings. The van der Waals surface area contributed by atoms with Crippen LogP contribution in [0.25, 0.3) is 0 Å². The van der Waals surface area contributed by atoms with Crippen molar-refractivity contribution < 1.29 is 9.53 Å². The van der Waals surface area contributed by atoms with Crippen LogP contribution in [-0.4, -0.2) is 31.2 Å². The van der Waals surface area contributed by atoms with E-state index in [-0.39, 0.29) is 18.1 Å². The zero-order chi connectivity index (χ0) is 14.1. The molecule has 0 unspecified atom stereocenters. The molecule has 1 aromatic carbocycles. The smallest absolute Gasteiger partial charge is 0.256 e. The fraction of sp³-hybridized carbons (Fsp3) is 0.562. The molecule has 2 heterocycles. The van der Waals surface area contributed by atoms with Gasteiger partial charge in [0.05, 0.1) is 6.10 Å². The Kier molecular flexibility index (Phi) is 3.76. The highest BCUT2D eigenvalue weighted by atomic mass is 16.5. The van der Waals surface area contributed by atoms with Crippen molar-refractivity contribution in [2.45, 2.75) is 44.8 Å². The van der Waals surface area contributed by atoms with E-state index in [1.54, 1.807) is 0 Å². The lowest BCUT2D eigenvalue weighted by molar-refractivity contribution is -0.129. The third-order valence-corrected chi connectivity index (χ3v) is 4.27. The van der Waals surface area contributed by atoms with E-state index < -0.39 is 0 Å². The summed E-state index contributed by atoms with van der Waals surface area (Å²) in [6.45, 7) is 3.38. The summed E-state index contributed by atoms with van der Waals surface area (Å²) in [5.74, 6) is 0.103. The first-order valence-corrected chi connectivity index (χ1v) is 7.45. The summed E-state index contributed by atoms with van der Waals surface area (Å²) in [5, 5.41) is 0. The fourth-order valence-electron chi connectivity index (χ4n) is 3.19. The van der Waals surface area contributed by atoms with E-state index in [1.165, 1.54) is 11.1 Å². The number of rotatable bonds is 2. The average molecular weight is 274 g/mol. The third-order valence-electron chi connectivity index (χ3n) is 4.27. The SMILES string of the molecule is Cc1ccc2c(c1)CCCN2C(=O)[C@@H]1CC[C@H](CN)O1. The van der Waals surface area contributed by atoms with Gasteiger partial charge >= 0.3 is 0 Å². The number of carbonyl (C=O) groups is 1. The van der Waals surface area contributed by atoms with Gasteiger partial charge in [-0.25, -0.2) is 0 Å². The second-order valence-electron chi connectivity index (χ2n) is 5.79. The van der Waals surface area contributed by atoms with Crippen molar-refractivity contribution in [3.8, 4) is 0 Å². The molecule has 2 atom stereocenters. The number of nitrogens with zero attached hydrogens (tertiary/aromatic N) is 1. The van der Waals surface area contributed by atoms with Crippen LogP contribution in [-0.2, 0) is 16.0 Å². The molecular weight excluding hydrogens is 252 g/mol. The fourth-order valence-corrected chi connectivity index (χ4v) is 3.19. The maximum absolute atomic E-state index is 12.7. The van der Waals surface area contributed by atoms with Crippen LogP contribution < -0.4 is 10.6 Å². The molecule has 108 valence electrons. The lowest BCUT2D eigenvalue weighted by atomic mass is 9.99. The minimum atomic E-state index is -0.309. The lowest BCUT2D eigenvalue weighted by Crippen LogP contribution is -2.42. The van der Waals surface area contributed by atoms with E-state index in [0.29, 0.717) is 6.54 Å². The van der Waals surface area contributed by atoms with E-state index in [9.17, 15) is 4.79 Å². The number of amides is 1. The average Bonchev–Trinajstić information content (AvgIpc) is 2.94. The monoisotopic (exact) mass is 274 g/mol. The Bertz CT molecular complexity index is 515. The lowest BCUT2D eigenvalue weighted by Gasteiger charge is -2.31. The van der Waals surface area contributed by atoms with Crippen molar-refractivity contribution in [2.75, 3.05) is 18.0 Å². The van der Waals surface area contributed by atoms with Gasteiger partial charge in [-0.05, 0) is 44.2 Å². The molecule has 2 aliphatic rings. The Labute approximate surface area is 119 Å². The molecule has 0 radical (unpaired) electrons. The summed E-state index contributed by atoms with van der Waals surface area (Å²) < 4.78 is 5.75. The van der Waals surface area contributed by atoms with Crippen molar-refractivity contribution in [2.24, 2.45) is 5.73 Å². The number of ether oxygens (including phenoxy) is 1. The molecule has 1 aromatic rings. The second kappa shape index (κ2) is 5.54.